The number of guanidine groups is 1. The maximum atomic E-state index is 14.8. The number of amides is 10. The molecule has 4 rings (SSSR count). The lowest BCUT2D eigenvalue weighted by atomic mass is 9.98. The molecule has 11 atom stereocenters. The van der Waals surface area contributed by atoms with E-state index in [1.54, 1.807) is 30.3 Å². The maximum absolute atomic E-state index is 14.8. The van der Waals surface area contributed by atoms with Crippen LogP contribution < -0.4 is 99.0 Å². The number of ketones is 1. The van der Waals surface area contributed by atoms with Gasteiger partial charge in [0.1, 0.15) is 67.0 Å². The highest BCUT2D eigenvalue weighted by Crippen LogP contribution is 2.44. The van der Waals surface area contributed by atoms with Gasteiger partial charge in [0, 0.05) is 24.6 Å². The molecule has 0 fully saturated rings. The predicted octanol–water partition coefficient (Wildman–Crippen LogP) is 1.10. The van der Waals surface area contributed by atoms with E-state index in [1.807, 2.05) is 90.1 Å². The van der Waals surface area contributed by atoms with Crippen LogP contribution in [0.2, 0.25) is 0 Å². The summed E-state index contributed by atoms with van der Waals surface area (Å²) in [6, 6.07) is 10.3. The molecule has 0 saturated carbocycles. The fourth-order valence-corrected chi connectivity index (χ4v) is 13.5. The number of unbranched alkanes of at least 4 members (excludes halogenated alkanes) is 5. The standard InChI is InChI=1S/C81H131N19O13S/c1-49(2)43-66(98-76(108)64(36-24-42-90-81(88)89)94-71(103)59(31-14-19-37-82)91-70(102)58(87)48-114)77(109)95-61(33-16-21-39-84)73(105)92-60(32-15-20-38-83)72(104)93-63(35-18-23-41-86)75(107)99-68(45-51(5)6)79(111)100-67(44-50(3)4)78(110)96-62(34-17-22-40-85)74(106)97-65(46-52-25-8-7-9-26-52)69(101)80(112)113-47-57-55-29-12-10-27-53(55)54-28-11-13-30-56(54)57/h7-13,25-30,49-51,57-68,114H,14-24,31-48,82-87H2,1-6H3,(H,91,102)(H,92,105)(H,93,104)(H,94,103)(H,95,109)(H,96,110)(H,97,106)(H,98,108)(H,99,107)(H,100,111)(H4,88,89,90)/t58-,59-,60-,61-,62-,63-,64-,65-,66-,67-,68-/m0/s1. The highest BCUT2D eigenvalue weighted by molar-refractivity contribution is 7.80. The van der Waals surface area contributed by atoms with E-state index < -0.39 is 137 Å². The molecule has 26 N–H and O–H groups in total. The van der Waals surface area contributed by atoms with Gasteiger partial charge in [0.15, 0.2) is 5.96 Å². The molecule has 3 aromatic rings. The molecule has 0 unspecified atom stereocenters. The Kier molecular flexibility index (Phi) is 45.3. The van der Waals surface area contributed by atoms with E-state index in [0.29, 0.717) is 76.3 Å². The van der Waals surface area contributed by atoms with Crippen LogP contribution in [0.15, 0.2) is 83.9 Å². The number of hydrogen-bond acceptors (Lipinski definition) is 21. The summed E-state index contributed by atoms with van der Waals surface area (Å²) in [6.07, 6.45) is 4.66. The number of hydrogen-bond donors (Lipinski definition) is 19. The molecule has 0 radical (unpaired) electrons. The van der Waals surface area contributed by atoms with Gasteiger partial charge in [-0.15, -0.1) is 0 Å². The fraction of sp³-hybridized carbons (Fsp3) is 0.617. The zero-order valence-corrected chi connectivity index (χ0v) is 68.4. The summed E-state index contributed by atoms with van der Waals surface area (Å²) in [7, 11) is 0. The largest absolute Gasteiger partial charge is 0.459 e. The SMILES string of the molecule is CC(C)C[C@H](NC(=O)[C@H](CCCCN)NC(=O)[C@H](CCCCN)NC(=O)[C@H](CCCCN)NC(=O)[C@H](CC(C)C)NC(=O)[C@H](CCCN=C(N)N)NC(=O)[C@H](CCCCN)NC(=O)[C@@H](N)CS)C(=O)N[C@@H](CC(C)C)C(=O)N[C@@H](CCCCN)C(=O)N[C@@H](Cc1ccccc1)C(=O)C(=O)OCC1c2ccccc2-c2ccccc21. The summed E-state index contributed by atoms with van der Waals surface area (Å²) in [5, 5.41) is 27.9. The molecule has 0 heterocycles. The number of Topliss-reactive ketones (excluding diaryl/α,β-unsaturated/α-hetero) is 1. The molecule has 0 saturated heterocycles. The minimum absolute atomic E-state index is 0.00917. The van der Waals surface area contributed by atoms with E-state index in [0.717, 1.165) is 22.3 Å². The lowest BCUT2D eigenvalue weighted by Gasteiger charge is -2.29. The number of ether oxygens (including phenoxy) is 1. The number of rotatable bonds is 57. The van der Waals surface area contributed by atoms with Crippen LogP contribution >= 0.6 is 12.6 Å². The van der Waals surface area contributed by atoms with Gasteiger partial charge < -0.3 is 104 Å². The molecule has 1 aliphatic rings. The topological polar surface area (TPSA) is 555 Å². The second-order valence-electron chi connectivity index (χ2n) is 30.5. The number of nitrogens with zero attached hydrogens (tertiary/aromatic N) is 1. The Morgan fingerprint density at radius 2 is 0.658 bits per heavy atom. The number of carbonyl (C=O) groups is 12. The first kappa shape index (κ1) is 97.2. The van der Waals surface area contributed by atoms with Gasteiger partial charge >= 0.3 is 5.97 Å². The van der Waals surface area contributed by atoms with Crippen molar-refractivity contribution in [1.82, 2.24) is 53.2 Å². The second-order valence-corrected chi connectivity index (χ2v) is 30.9. The maximum Gasteiger partial charge on any atom is 0.376 e. The smallest absolute Gasteiger partial charge is 0.376 e. The lowest BCUT2D eigenvalue weighted by molar-refractivity contribution is -0.155. The minimum Gasteiger partial charge on any atom is -0.459 e. The van der Waals surface area contributed by atoms with Crippen LogP contribution in [0.4, 0.5) is 0 Å². The van der Waals surface area contributed by atoms with E-state index >= 15 is 0 Å². The lowest BCUT2D eigenvalue weighted by Crippen LogP contribution is -2.61. The summed E-state index contributed by atoms with van der Waals surface area (Å²) in [5.74, 6) is -10.9. The third-order valence-corrected chi connectivity index (χ3v) is 19.9. The van der Waals surface area contributed by atoms with Crippen LogP contribution in [0, 0.1) is 17.8 Å². The van der Waals surface area contributed by atoms with Crippen molar-refractivity contribution in [2.45, 2.75) is 249 Å². The van der Waals surface area contributed by atoms with E-state index in [2.05, 4.69) is 70.8 Å². The van der Waals surface area contributed by atoms with Crippen LogP contribution in [0.5, 0.6) is 0 Å². The summed E-state index contributed by atoms with van der Waals surface area (Å²) in [5.41, 5.74) is 51.0. The molecule has 114 heavy (non-hydrogen) atoms. The molecule has 33 heteroatoms. The number of benzene rings is 3. The van der Waals surface area contributed by atoms with Crippen LogP contribution in [0.25, 0.3) is 11.1 Å². The first-order valence-electron chi connectivity index (χ1n) is 40.4. The van der Waals surface area contributed by atoms with Gasteiger partial charge in [-0.2, -0.15) is 12.6 Å². The highest BCUT2D eigenvalue weighted by Gasteiger charge is 2.39. The van der Waals surface area contributed by atoms with Gasteiger partial charge in [0.25, 0.3) is 5.78 Å². The second kappa shape index (κ2) is 53.1. The van der Waals surface area contributed by atoms with Crippen LogP contribution in [0.1, 0.15) is 193 Å². The molecule has 0 aliphatic heterocycles. The zero-order chi connectivity index (χ0) is 84.2. The van der Waals surface area contributed by atoms with Crippen molar-refractivity contribution in [1.29, 1.82) is 0 Å². The van der Waals surface area contributed by atoms with Crippen LogP contribution in [-0.2, 0) is 68.7 Å². The monoisotopic (exact) mass is 1610 g/mol. The number of thiol groups is 1. The molecule has 32 nitrogen and oxygen atoms in total. The third-order valence-electron chi connectivity index (χ3n) is 19.5. The van der Waals surface area contributed by atoms with Gasteiger partial charge in [0.2, 0.25) is 59.1 Å². The van der Waals surface area contributed by atoms with Crippen molar-refractivity contribution in [3.05, 3.63) is 95.6 Å². The summed E-state index contributed by atoms with van der Waals surface area (Å²) in [6.45, 7) is 12.2. The number of aliphatic imine (C=N–C) groups is 1. The number of carbonyl (C=O) groups excluding carboxylic acids is 12. The summed E-state index contributed by atoms with van der Waals surface area (Å²) < 4.78 is 5.79. The summed E-state index contributed by atoms with van der Waals surface area (Å²) in [4.78, 5) is 177. The molecular weight excluding hydrogens is 1480 g/mol. The van der Waals surface area contributed by atoms with E-state index in [9.17, 15) is 57.5 Å². The van der Waals surface area contributed by atoms with Crippen molar-refractivity contribution in [3.8, 4) is 11.1 Å². The first-order chi connectivity index (χ1) is 54.5. The molecule has 0 aromatic heterocycles. The third kappa shape index (κ3) is 34.5. The zero-order valence-electron chi connectivity index (χ0n) is 67.5. The van der Waals surface area contributed by atoms with Crippen LogP contribution in [0.3, 0.4) is 0 Å². The van der Waals surface area contributed by atoms with E-state index in [1.165, 1.54) is 0 Å². The van der Waals surface area contributed by atoms with Gasteiger partial charge in [-0.1, -0.05) is 120 Å². The molecule has 634 valence electrons. The molecule has 3 aromatic carbocycles. The molecule has 0 spiro atoms. The van der Waals surface area contributed by atoms with Gasteiger partial charge in [-0.05, 0) is 207 Å². The number of nitrogens with two attached hydrogens (primary N) is 8. The Hall–Kier alpha value is -9.12. The Morgan fingerprint density at radius 3 is 0.965 bits per heavy atom. The van der Waals surface area contributed by atoms with Crippen LogP contribution in [-0.4, -0.2) is 195 Å². The van der Waals surface area contributed by atoms with Crippen molar-refractivity contribution in [2.24, 2.45) is 68.6 Å². The molecule has 0 bridgehead atoms. The van der Waals surface area contributed by atoms with Gasteiger partial charge in [-0.25, -0.2) is 4.79 Å². The number of nitrogens with one attached hydrogen (secondary N) is 10. The Bertz CT molecular complexity index is 3520. The van der Waals surface area contributed by atoms with Gasteiger partial charge in [-0.3, -0.25) is 57.7 Å². The van der Waals surface area contributed by atoms with E-state index in [4.69, 9.17) is 50.6 Å². The number of fused-ring (bicyclic) bond motifs is 3. The highest BCUT2D eigenvalue weighted by atomic mass is 32.1. The Balaban J connectivity index is 1.60. The van der Waals surface area contributed by atoms with Crippen molar-refractivity contribution < 1.29 is 62.3 Å². The van der Waals surface area contributed by atoms with Gasteiger partial charge in [0.05, 0.1) is 6.04 Å². The molecule has 1 aliphatic carbocycles. The molecular formula is C81H131N19O13S. The minimum atomic E-state index is -1.43. The average molecular weight is 1610 g/mol. The quantitative estimate of drug-likeness (QED) is 0.00939. The average Bonchev–Trinajstić information content (AvgIpc) is 1.61. The van der Waals surface area contributed by atoms with Crippen molar-refractivity contribution >= 4 is 89.4 Å². The summed E-state index contributed by atoms with van der Waals surface area (Å²) >= 11 is 4.11. The number of esters is 1. The fourth-order valence-electron chi connectivity index (χ4n) is 13.4. The first-order valence-corrected chi connectivity index (χ1v) is 41.0. The Morgan fingerprint density at radius 1 is 0.377 bits per heavy atom. The predicted molar refractivity (Wildman–Crippen MR) is 444 cm³/mol. The normalized spacial score (nSPS) is 14.6. The van der Waals surface area contributed by atoms with Crippen molar-refractivity contribution in [3.63, 3.8) is 0 Å². The van der Waals surface area contributed by atoms with E-state index in [-0.39, 0.29) is 145 Å². The molecule has 10 amide bonds. The Labute approximate surface area is 677 Å². The van der Waals surface area contributed by atoms with Crippen molar-refractivity contribution in [2.75, 3.05) is 51.6 Å².